The van der Waals surface area contributed by atoms with Crippen molar-refractivity contribution >= 4 is 34.8 Å². The molecule has 182 valence electrons. The molecule has 5 rings (SSSR count). The van der Waals surface area contributed by atoms with E-state index in [0.29, 0.717) is 23.3 Å². The Labute approximate surface area is 211 Å². The molecule has 2 aliphatic heterocycles. The number of nitrogens with zero attached hydrogens (tertiary/aromatic N) is 2. The van der Waals surface area contributed by atoms with Gasteiger partial charge in [0, 0.05) is 11.4 Å². The van der Waals surface area contributed by atoms with Gasteiger partial charge < -0.3 is 16.0 Å². The summed E-state index contributed by atoms with van der Waals surface area (Å²) in [5.41, 5.74) is 7.04. The summed E-state index contributed by atoms with van der Waals surface area (Å²) in [6.45, 7) is 8.28. The summed E-state index contributed by atoms with van der Waals surface area (Å²) in [7, 11) is 0. The number of nitrogens with one attached hydrogen (secondary N) is 3. The molecule has 3 heterocycles. The number of aromatic nitrogens is 2. The molecule has 1 saturated heterocycles. The van der Waals surface area contributed by atoms with Gasteiger partial charge in [-0.25, -0.2) is 9.97 Å². The number of aryl methyl sites for hydroxylation is 3. The van der Waals surface area contributed by atoms with E-state index in [4.69, 9.17) is 16.6 Å². The van der Waals surface area contributed by atoms with Crippen LogP contribution in [0.25, 0.3) is 0 Å². The van der Waals surface area contributed by atoms with Gasteiger partial charge in [0.15, 0.2) is 0 Å². The van der Waals surface area contributed by atoms with Crippen LogP contribution in [0.3, 0.4) is 0 Å². The number of rotatable bonds is 6. The van der Waals surface area contributed by atoms with Crippen molar-refractivity contribution in [3.8, 4) is 0 Å². The number of amides is 1. The van der Waals surface area contributed by atoms with Crippen LogP contribution in [0.2, 0.25) is 5.02 Å². The van der Waals surface area contributed by atoms with Gasteiger partial charge in [0.1, 0.15) is 0 Å². The van der Waals surface area contributed by atoms with Crippen LogP contribution in [0.1, 0.15) is 60.6 Å². The first-order valence-corrected chi connectivity index (χ1v) is 12.7. The molecule has 7 heteroatoms. The highest BCUT2D eigenvalue weighted by Gasteiger charge is 2.39. The van der Waals surface area contributed by atoms with Gasteiger partial charge in [0.2, 0.25) is 11.9 Å². The third-order valence-corrected chi connectivity index (χ3v) is 7.66. The van der Waals surface area contributed by atoms with Crippen molar-refractivity contribution in [2.75, 3.05) is 23.7 Å². The topological polar surface area (TPSA) is 78.9 Å². The Morgan fingerprint density at radius 2 is 1.94 bits per heavy atom. The van der Waals surface area contributed by atoms with Gasteiger partial charge in [0.05, 0.1) is 22.3 Å². The molecular weight excluding hydrogens is 458 g/mol. The maximum atomic E-state index is 12.4. The van der Waals surface area contributed by atoms with Gasteiger partial charge in [-0.2, -0.15) is 0 Å². The molecule has 1 amide bonds. The number of anilines is 3. The van der Waals surface area contributed by atoms with Crippen molar-refractivity contribution in [2.24, 2.45) is 0 Å². The zero-order valence-corrected chi connectivity index (χ0v) is 21.3. The van der Waals surface area contributed by atoms with Crippen LogP contribution in [-0.2, 0) is 23.1 Å². The van der Waals surface area contributed by atoms with Crippen LogP contribution >= 0.6 is 11.6 Å². The maximum Gasteiger partial charge on any atom is 0.234 e. The third kappa shape index (κ3) is 4.78. The molecule has 6 nitrogen and oxygen atoms in total. The van der Waals surface area contributed by atoms with Crippen LogP contribution in [-0.4, -0.2) is 29.0 Å². The number of hydrogen-bond acceptors (Lipinski definition) is 5. The lowest BCUT2D eigenvalue weighted by Gasteiger charge is -2.24. The fraction of sp³-hybridized carbons (Fsp3) is 0.393. The molecule has 3 aromatic rings. The summed E-state index contributed by atoms with van der Waals surface area (Å²) in [4.78, 5) is 21.6. The first kappa shape index (κ1) is 23.8. The van der Waals surface area contributed by atoms with Crippen molar-refractivity contribution in [1.29, 1.82) is 0 Å². The normalized spacial score (nSPS) is 17.2. The van der Waals surface area contributed by atoms with Crippen LogP contribution in [0.5, 0.6) is 0 Å². The highest BCUT2D eigenvalue weighted by Crippen LogP contribution is 2.40. The molecule has 3 N–H and O–H groups in total. The molecule has 0 aliphatic carbocycles. The third-order valence-electron chi connectivity index (χ3n) is 7.34. The molecule has 2 aromatic carbocycles. The lowest BCUT2D eigenvalue weighted by Crippen LogP contribution is -2.27. The van der Waals surface area contributed by atoms with Crippen LogP contribution in [0.4, 0.5) is 17.3 Å². The Balaban J connectivity index is 1.31. The van der Waals surface area contributed by atoms with Crippen LogP contribution in [0.15, 0.2) is 42.6 Å². The average Bonchev–Trinajstić information content (AvgIpc) is 3.08. The maximum absolute atomic E-state index is 12.4. The average molecular weight is 490 g/mol. The quantitative estimate of drug-likeness (QED) is 0.416. The molecule has 1 aromatic heterocycles. The zero-order chi connectivity index (χ0) is 24.6. The van der Waals surface area contributed by atoms with E-state index < -0.39 is 5.41 Å². The summed E-state index contributed by atoms with van der Waals surface area (Å²) in [6.07, 6.45) is 5.42. The first-order valence-electron chi connectivity index (χ1n) is 12.4. The van der Waals surface area contributed by atoms with Gasteiger partial charge in [-0.15, -0.1) is 0 Å². The molecule has 0 radical (unpaired) electrons. The van der Waals surface area contributed by atoms with E-state index in [1.54, 1.807) is 6.20 Å². The Kier molecular flexibility index (Phi) is 6.51. The van der Waals surface area contributed by atoms with Gasteiger partial charge >= 0.3 is 0 Å². The van der Waals surface area contributed by atoms with Gasteiger partial charge in [-0.1, -0.05) is 29.8 Å². The minimum absolute atomic E-state index is 0.0352. The zero-order valence-electron chi connectivity index (χ0n) is 20.5. The molecule has 0 bridgehead atoms. The Morgan fingerprint density at radius 3 is 2.71 bits per heavy atom. The first-order chi connectivity index (χ1) is 16.8. The summed E-state index contributed by atoms with van der Waals surface area (Å²) in [5.74, 6) is 1.19. The van der Waals surface area contributed by atoms with E-state index in [1.807, 2.05) is 26.0 Å². The SMILES string of the molecule is Cc1cc(Nc2ncc(Cl)c(CCc3cccc4c3C(C)(C)C(=O)N4)n2)ccc1C1CCNCC1. The fourth-order valence-electron chi connectivity index (χ4n) is 5.41. The highest BCUT2D eigenvalue weighted by molar-refractivity contribution is 6.31. The molecule has 0 saturated carbocycles. The Morgan fingerprint density at radius 1 is 1.14 bits per heavy atom. The van der Waals surface area contributed by atoms with Crippen LogP contribution in [0, 0.1) is 6.92 Å². The molecule has 0 unspecified atom stereocenters. The van der Waals surface area contributed by atoms with Crippen LogP contribution < -0.4 is 16.0 Å². The number of fused-ring (bicyclic) bond motifs is 1. The molecule has 1 fully saturated rings. The van der Waals surface area contributed by atoms with Crippen molar-refractivity contribution in [2.45, 2.75) is 57.8 Å². The lowest BCUT2D eigenvalue weighted by atomic mass is 9.82. The number of hydrogen-bond donors (Lipinski definition) is 3. The van der Waals surface area contributed by atoms with E-state index in [9.17, 15) is 4.79 Å². The minimum atomic E-state index is -0.549. The summed E-state index contributed by atoms with van der Waals surface area (Å²) in [5, 5.41) is 10.3. The summed E-state index contributed by atoms with van der Waals surface area (Å²) in [6, 6.07) is 12.6. The van der Waals surface area contributed by atoms with Gasteiger partial charge in [-0.3, -0.25) is 4.79 Å². The molecule has 0 spiro atoms. The number of carbonyl (C=O) groups excluding carboxylic acids is 1. The van der Waals surface area contributed by atoms with Crippen molar-refractivity contribution in [3.05, 3.63) is 75.6 Å². The number of benzene rings is 2. The Hall–Kier alpha value is -2.96. The monoisotopic (exact) mass is 489 g/mol. The standard InChI is InChI=1S/C28H32ClN5O/c1-17-15-20(8-9-21(17)18-11-13-30-14-12-18)32-27-31-16-22(29)23(34-27)10-7-19-5-4-6-24-25(19)28(2,3)26(35)33-24/h4-6,8-9,15-16,18,30H,7,10-14H2,1-3H3,(H,33,35)(H,31,32,34). The van der Waals surface area contributed by atoms with Gasteiger partial charge in [0.25, 0.3) is 0 Å². The van der Waals surface area contributed by atoms with Crippen molar-refractivity contribution in [3.63, 3.8) is 0 Å². The van der Waals surface area contributed by atoms with E-state index in [0.717, 1.165) is 47.7 Å². The van der Waals surface area contributed by atoms with E-state index in [2.05, 4.69) is 52.1 Å². The van der Waals surface area contributed by atoms with Gasteiger partial charge in [-0.05, 0) is 106 Å². The summed E-state index contributed by atoms with van der Waals surface area (Å²) >= 11 is 6.47. The Bertz CT molecular complexity index is 1270. The van der Waals surface area contributed by atoms with Crippen molar-refractivity contribution in [1.82, 2.24) is 15.3 Å². The second-order valence-electron chi connectivity index (χ2n) is 10.1. The molecule has 0 atom stereocenters. The predicted octanol–water partition coefficient (Wildman–Crippen LogP) is 5.66. The molecular formula is C28H32ClN5O. The molecule has 2 aliphatic rings. The van der Waals surface area contributed by atoms with Crippen molar-refractivity contribution < 1.29 is 4.79 Å². The van der Waals surface area contributed by atoms with E-state index in [1.165, 1.54) is 24.0 Å². The highest BCUT2D eigenvalue weighted by atomic mass is 35.5. The van der Waals surface area contributed by atoms with E-state index in [-0.39, 0.29) is 5.91 Å². The molecule has 35 heavy (non-hydrogen) atoms. The van der Waals surface area contributed by atoms with E-state index >= 15 is 0 Å². The number of piperidine rings is 1. The summed E-state index contributed by atoms with van der Waals surface area (Å²) < 4.78 is 0. The minimum Gasteiger partial charge on any atom is -0.325 e. The number of carbonyl (C=O) groups is 1. The smallest absolute Gasteiger partial charge is 0.234 e. The number of halogens is 1. The fourth-order valence-corrected chi connectivity index (χ4v) is 5.59. The largest absolute Gasteiger partial charge is 0.325 e. The predicted molar refractivity (Wildman–Crippen MR) is 142 cm³/mol. The second-order valence-corrected chi connectivity index (χ2v) is 10.5. The second kappa shape index (κ2) is 9.59. The lowest BCUT2D eigenvalue weighted by molar-refractivity contribution is -0.119.